The molecule has 0 aliphatic rings. The molecule has 0 fully saturated rings. The van der Waals surface area contributed by atoms with Crippen molar-refractivity contribution in [3.63, 3.8) is 0 Å². The van der Waals surface area contributed by atoms with Crippen LogP contribution in [0.5, 0.6) is 0 Å². The van der Waals surface area contributed by atoms with E-state index in [0.717, 1.165) is 37.6 Å². The number of hydrogen-bond donors (Lipinski definition) is 3. The first-order valence-electron chi connectivity index (χ1n) is 5.69. The van der Waals surface area contributed by atoms with Gasteiger partial charge in [0.15, 0.2) is 0 Å². The molecule has 0 bridgehead atoms. The summed E-state index contributed by atoms with van der Waals surface area (Å²) < 4.78 is 1.03. The average molecular weight is 339 g/mol. The summed E-state index contributed by atoms with van der Waals surface area (Å²) in [6.45, 7) is 0.723. The van der Waals surface area contributed by atoms with E-state index < -0.39 is 0 Å². The second-order valence-electron chi connectivity index (χ2n) is 4.11. The van der Waals surface area contributed by atoms with E-state index in [-0.39, 0.29) is 5.69 Å². The van der Waals surface area contributed by atoms with E-state index in [4.69, 9.17) is 0 Å². The van der Waals surface area contributed by atoms with Crippen LogP contribution in [-0.2, 0) is 6.54 Å². The molecule has 0 radical (unpaired) electrons. The van der Waals surface area contributed by atoms with E-state index in [1.165, 1.54) is 0 Å². The molecule has 2 heterocycles. The van der Waals surface area contributed by atoms with Gasteiger partial charge < -0.3 is 15.3 Å². The van der Waals surface area contributed by atoms with Gasteiger partial charge in [0, 0.05) is 12.1 Å². The number of nitrogens with zero attached hydrogens (tertiary/aromatic N) is 1. The zero-order chi connectivity index (χ0) is 13.4. The maximum Gasteiger partial charge on any atom is 0.323 e. The van der Waals surface area contributed by atoms with Crippen LogP contribution in [-0.4, -0.2) is 22.0 Å². The molecule has 0 saturated carbocycles. The van der Waals surface area contributed by atoms with E-state index in [1.54, 1.807) is 11.3 Å². The second-order valence-corrected chi connectivity index (χ2v) is 6.43. The second kappa shape index (κ2) is 4.92. The van der Waals surface area contributed by atoms with Crippen LogP contribution in [0.15, 0.2) is 26.8 Å². The quantitative estimate of drug-likeness (QED) is 0.686. The molecule has 2 aromatic heterocycles. The summed E-state index contributed by atoms with van der Waals surface area (Å²) >= 11 is 5.11. The van der Waals surface area contributed by atoms with Gasteiger partial charge in [-0.3, -0.25) is 0 Å². The summed E-state index contributed by atoms with van der Waals surface area (Å²) in [5.41, 5.74) is 3.40. The highest BCUT2D eigenvalue weighted by Crippen LogP contribution is 2.32. The third kappa shape index (κ3) is 2.36. The van der Waals surface area contributed by atoms with Gasteiger partial charge in [-0.1, -0.05) is 0 Å². The topological polar surface area (TPSA) is 73.6 Å². The number of thiazole rings is 1. The third-order valence-electron chi connectivity index (χ3n) is 2.76. The molecule has 0 unspecified atom stereocenters. The third-order valence-corrected chi connectivity index (χ3v) is 4.64. The molecule has 19 heavy (non-hydrogen) atoms. The van der Waals surface area contributed by atoms with Crippen LogP contribution >= 0.6 is 27.3 Å². The number of nitrogens with one attached hydrogen (secondary N) is 3. The Labute approximate surface area is 121 Å². The Kier molecular flexibility index (Phi) is 3.26. The molecular formula is C12H11BrN4OS. The van der Waals surface area contributed by atoms with Gasteiger partial charge in [0.05, 0.1) is 20.5 Å². The molecule has 7 heteroatoms. The summed E-state index contributed by atoms with van der Waals surface area (Å²) in [6, 6.07) is 5.78. The molecular weight excluding hydrogens is 328 g/mol. The zero-order valence-electron chi connectivity index (χ0n) is 10.1. The first-order chi connectivity index (χ1) is 9.17. The fraction of sp³-hybridized carbons (Fsp3) is 0.167. The number of rotatable bonds is 3. The molecule has 3 N–H and O–H groups in total. The Hall–Kier alpha value is -1.44. The molecule has 0 aliphatic heterocycles. The van der Waals surface area contributed by atoms with Gasteiger partial charge in [0.2, 0.25) is 0 Å². The molecule has 0 spiro atoms. The predicted octanol–water partition coefficient (Wildman–Crippen LogP) is 2.46. The smallest absolute Gasteiger partial charge is 0.314 e. The number of benzene rings is 1. The monoisotopic (exact) mass is 338 g/mol. The Morgan fingerprint density at radius 3 is 2.95 bits per heavy atom. The van der Waals surface area contributed by atoms with Gasteiger partial charge in [0.25, 0.3) is 0 Å². The van der Waals surface area contributed by atoms with Crippen molar-refractivity contribution in [3.8, 4) is 10.6 Å². The van der Waals surface area contributed by atoms with Crippen molar-refractivity contribution in [2.75, 3.05) is 7.05 Å². The van der Waals surface area contributed by atoms with Gasteiger partial charge in [-0.05, 0) is 41.2 Å². The summed E-state index contributed by atoms with van der Waals surface area (Å²) in [7, 11) is 1.89. The standard InChI is InChI=1S/C12H11BrN4OS/c1-14-5-9-10(13)19-11(15-9)6-2-3-7-8(4-6)17-12(18)16-7/h2-4,14H,5H2,1H3,(H2,16,17,18). The number of aromatic nitrogens is 3. The van der Waals surface area contributed by atoms with Gasteiger partial charge in [-0.2, -0.15) is 0 Å². The van der Waals surface area contributed by atoms with Gasteiger partial charge in [-0.15, -0.1) is 11.3 Å². The lowest BCUT2D eigenvalue weighted by Crippen LogP contribution is -2.05. The van der Waals surface area contributed by atoms with Gasteiger partial charge in [-0.25, -0.2) is 9.78 Å². The number of halogens is 1. The molecule has 0 amide bonds. The summed E-state index contributed by atoms with van der Waals surface area (Å²) in [5.74, 6) is 0. The van der Waals surface area contributed by atoms with E-state index in [2.05, 4.69) is 36.2 Å². The largest absolute Gasteiger partial charge is 0.323 e. The average Bonchev–Trinajstić information content (AvgIpc) is 2.91. The van der Waals surface area contributed by atoms with Crippen molar-refractivity contribution in [3.05, 3.63) is 38.2 Å². The number of hydrogen-bond acceptors (Lipinski definition) is 4. The van der Waals surface area contributed by atoms with E-state index in [0.29, 0.717) is 0 Å². The highest BCUT2D eigenvalue weighted by Gasteiger charge is 2.11. The van der Waals surface area contributed by atoms with Crippen molar-refractivity contribution in [1.29, 1.82) is 0 Å². The molecule has 0 aliphatic carbocycles. The first kappa shape index (κ1) is 12.6. The van der Waals surface area contributed by atoms with Gasteiger partial charge in [0.1, 0.15) is 5.01 Å². The van der Waals surface area contributed by atoms with Crippen LogP contribution in [0.1, 0.15) is 5.69 Å². The van der Waals surface area contributed by atoms with E-state index in [9.17, 15) is 4.79 Å². The van der Waals surface area contributed by atoms with Crippen molar-refractivity contribution in [1.82, 2.24) is 20.3 Å². The van der Waals surface area contributed by atoms with Crippen molar-refractivity contribution >= 4 is 38.3 Å². The van der Waals surface area contributed by atoms with E-state index >= 15 is 0 Å². The van der Waals surface area contributed by atoms with Crippen LogP contribution in [0.3, 0.4) is 0 Å². The maximum atomic E-state index is 11.2. The Morgan fingerprint density at radius 2 is 2.16 bits per heavy atom. The van der Waals surface area contributed by atoms with Crippen molar-refractivity contribution in [2.24, 2.45) is 0 Å². The molecule has 98 valence electrons. The molecule has 0 saturated heterocycles. The fourth-order valence-corrected chi connectivity index (χ4v) is 3.39. The molecule has 0 atom stereocenters. The lowest BCUT2D eigenvalue weighted by Gasteiger charge is -1.96. The highest BCUT2D eigenvalue weighted by molar-refractivity contribution is 9.11. The zero-order valence-corrected chi connectivity index (χ0v) is 12.5. The number of H-pyrrole nitrogens is 2. The lowest BCUT2D eigenvalue weighted by atomic mass is 10.2. The number of imidazole rings is 1. The number of aromatic amines is 2. The fourth-order valence-electron chi connectivity index (χ4n) is 1.90. The van der Waals surface area contributed by atoms with Gasteiger partial charge >= 0.3 is 5.69 Å². The SMILES string of the molecule is CNCc1nc(-c2ccc3[nH]c(=O)[nH]c3c2)sc1Br. The first-order valence-corrected chi connectivity index (χ1v) is 7.30. The van der Waals surface area contributed by atoms with E-state index in [1.807, 2.05) is 25.2 Å². The summed E-state index contributed by atoms with van der Waals surface area (Å²) in [5, 5.41) is 4.02. The molecule has 5 nitrogen and oxygen atoms in total. The van der Waals surface area contributed by atoms with Crippen LogP contribution < -0.4 is 11.0 Å². The molecule has 3 aromatic rings. The minimum absolute atomic E-state index is 0.191. The van der Waals surface area contributed by atoms with Crippen LogP contribution in [0.25, 0.3) is 21.6 Å². The van der Waals surface area contributed by atoms with Crippen LogP contribution in [0.2, 0.25) is 0 Å². The predicted molar refractivity (Wildman–Crippen MR) is 80.5 cm³/mol. The Balaban J connectivity index is 2.07. The van der Waals surface area contributed by atoms with Crippen LogP contribution in [0, 0.1) is 0 Å². The maximum absolute atomic E-state index is 11.2. The lowest BCUT2D eigenvalue weighted by molar-refractivity contribution is 0.795. The van der Waals surface area contributed by atoms with Crippen molar-refractivity contribution < 1.29 is 0 Å². The summed E-state index contributed by atoms with van der Waals surface area (Å²) in [4.78, 5) is 21.3. The minimum Gasteiger partial charge on any atom is -0.314 e. The molecule has 1 aromatic carbocycles. The highest BCUT2D eigenvalue weighted by atomic mass is 79.9. The molecule has 3 rings (SSSR count). The number of fused-ring (bicyclic) bond motifs is 1. The minimum atomic E-state index is -0.191. The Bertz CT molecular complexity index is 788. The summed E-state index contributed by atoms with van der Waals surface area (Å²) in [6.07, 6.45) is 0. The Morgan fingerprint density at radius 1 is 1.37 bits per heavy atom. The van der Waals surface area contributed by atoms with Crippen LogP contribution in [0.4, 0.5) is 0 Å². The normalized spacial score (nSPS) is 11.3. The van der Waals surface area contributed by atoms with Crippen molar-refractivity contribution in [2.45, 2.75) is 6.54 Å².